The molecule has 0 fully saturated rings. The molecule has 0 spiro atoms. The smallest absolute Gasteiger partial charge is 0.123 e. The van der Waals surface area contributed by atoms with Gasteiger partial charge in [-0.2, -0.15) is 0 Å². The van der Waals surface area contributed by atoms with E-state index in [4.69, 9.17) is 0 Å². The Labute approximate surface area is 254 Å². The van der Waals surface area contributed by atoms with Crippen molar-refractivity contribution in [3.05, 3.63) is 94.3 Å². The average molecular weight is 595 g/mol. The zero-order chi connectivity index (χ0) is 29.8. The van der Waals surface area contributed by atoms with E-state index in [1.807, 2.05) is 33.9 Å². The molecule has 0 amide bonds. The van der Waals surface area contributed by atoms with Crippen molar-refractivity contribution in [2.45, 2.75) is 90.4 Å². The van der Waals surface area contributed by atoms with Crippen LogP contribution in [0.1, 0.15) is 79.0 Å². The molecule has 1 unspecified atom stereocenters. The van der Waals surface area contributed by atoms with Crippen molar-refractivity contribution in [1.82, 2.24) is 39.1 Å². The Kier molecular flexibility index (Phi) is 6.80. The van der Waals surface area contributed by atoms with E-state index in [-0.39, 0.29) is 17.7 Å². The van der Waals surface area contributed by atoms with E-state index < -0.39 is 0 Å². The second kappa shape index (κ2) is 11.0. The van der Waals surface area contributed by atoms with Gasteiger partial charge in [0.2, 0.25) is 0 Å². The van der Waals surface area contributed by atoms with E-state index in [1.54, 1.807) is 24.3 Å². The van der Waals surface area contributed by atoms with Crippen LogP contribution in [0.3, 0.4) is 0 Å². The first-order valence-electron chi connectivity index (χ1n) is 15.9. The summed E-state index contributed by atoms with van der Waals surface area (Å²) in [4.78, 5) is 0. The monoisotopic (exact) mass is 594 g/mol. The van der Waals surface area contributed by atoms with Gasteiger partial charge in [-0.15, -0.1) is 10.2 Å². The second-order valence-electron chi connectivity index (χ2n) is 12.4. The Morgan fingerprint density at radius 2 is 1.25 bits per heavy atom. The van der Waals surface area contributed by atoms with Crippen molar-refractivity contribution in [2.75, 3.05) is 0 Å². The number of benzene rings is 2. The molecule has 0 aliphatic heterocycles. The summed E-state index contributed by atoms with van der Waals surface area (Å²) in [7, 11) is 0. The minimum Gasteiger partial charge on any atom is -0.338 e. The fraction of sp³-hybridized carbons (Fsp3) is 0.412. The van der Waals surface area contributed by atoms with Gasteiger partial charge in [-0.1, -0.05) is 17.4 Å². The van der Waals surface area contributed by atoms with Crippen molar-refractivity contribution >= 4 is 21.8 Å². The highest BCUT2D eigenvalue weighted by molar-refractivity contribution is 5.87. The third-order valence-corrected chi connectivity index (χ3v) is 9.71. The molecule has 44 heavy (non-hydrogen) atoms. The average Bonchev–Trinajstić information content (AvgIpc) is 3.82. The highest BCUT2D eigenvalue weighted by Crippen LogP contribution is 2.34. The molecular formula is C34H36F2N8. The molecule has 1 atom stereocenters. The topological polar surface area (TPSA) is 71.3 Å². The molecule has 0 N–H and O–H groups in total. The van der Waals surface area contributed by atoms with Crippen molar-refractivity contribution in [3.63, 3.8) is 0 Å². The van der Waals surface area contributed by atoms with Crippen molar-refractivity contribution in [3.8, 4) is 0 Å². The molecule has 2 aliphatic rings. The number of halogens is 2. The summed E-state index contributed by atoms with van der Waals surface area (Å²) < 4.78 is 36.7. The molecule has 0 saturated carbocycles. The number of aromatic nitrogens is 8. The van der Waals surface area contributed by atoms with Gasteiger partial charge in [-0.25, -0.2) is 13.5 Å². The van der Waals surface area contributed by atoms with Crippen LogP contribution in [0.2, 0.25) is 0 Å². The first kappa shape index (κ1) is 27.2. The molecule has 6 aromatic rings. The van der Waals surface area contributed by atoms with Crippen LogP contribution in [-0.4, -0.2) is 39.1 Å². The van der Waals surface area contributed by atoms with E-state index in [2.05, 4.69) is 36.7 Å². The fourth-order valence-corrected chi connectivity index (χ4v) is 7.58. The van der Waals surface area contributed by atoms with E-state index >= 15 is 0 Å². The van der Waals surface area contributed by atoms with Crippen LogP contribution in [0, 0.1) is 11.6 Å². The van der Waals surface area contributed by atoms with Crippen LogP contribution in [-0.2, 0) is 45.3 Å². The Balaban J connectivity index is 1.02. The molecule has 4 aromatic heterocycles. The molecule has 2 aromatic carbocycles. The van der Waals surface area contributed by atoms with Crippen LogP contribution in [0.4, 0.5) is 8.78 Å². The maximum absolute atomic E-state index is 14.1. The predicted octanol–water partition coefficient (Wildman–Crippen LogP) is 6.56. The highest BCUT2D eigenvalue weighted by atomic mass is 19.1. The molecule has 2 aliphatic carbocycles. The molecule has 10 heteroatoms. The minimum atomic E-state index is -0.188. The molecule has 4 heterocycles. The van der Waals surface area contributed by atoms with Gasteiger partial charge in [0.25, 0.3) is 0 Å². The van der Waals surface area contributed by atoms with Crippen LogP contribution >= 0.6 is 0 Å². The van der Waals surface area contributed by atoms with Gasteiger partial charge in [0, 0.05) is 33.2 Å². The van der Waals surface area contributed by atoms with Gasteiger partial charge in [0.1, 0.15) is 23.0 Å². The van der Waals surface area contributed by atoms with Crippen molar-refractivity contribution < 1.29 is 8.78 Å². The Morgan fingerprint density at radius 1 is 0.705 bits per heavy atom. The Bertz CT molecular complexity index is 1990. The number of hydrogen-bond donors (Lipinski definition) is 0. The van der Waals surface area contributed by atoms with E-state index in [0.717, 1.165) is 91.0 Å². The van der Waals surface area contributed by atoms with Gasteiger partial charge >= 0.3 is 0 Å². The predicted molar refractivity (Wildman–Crippen MR) is 165 cm³/mol. The molecule has 8 rings (SSSR count). The number of fused-ring (bicyclic) bond motifs is 6. The molecule has 8 nitrogen and oxygen atoms in total. The summed E-state index contributed by atoms with van der Waals surface area (Å²) in [6.45, 7) is 4.00. The van der Waals surface area contributed by atoms with Crippen LogP contribution in [0.15, 0.2) is 48.8 Å². The fourth-order valence-electron chi connectivity index (χ4n) is 7.58. The number of nitrogens with zero attached hydrogens (tertiary/aromatic N) is 8. The molecule has 0 saturated heterocycles. The van der Waals surface area contributed by atoms with Crippen molar-refractivity contribution in [2.24, 2.45) is 0 Å². The SMILES string of the molecule is CCC(Cn1cc(Cn2c3c(c4cc(F)ccc42)CCCC3)nn1)n1cc(Cn2c3c(c4cc(F)ccc42)CCCC3)nn1. The third-order valence-electron chi connectivity index (χ3n) is 9.71. The first-order chi connectivity index (χ1) is 21.6. The minimum absolute atomic E-state index is 0.0679. The summed E-state index contributed by atoms with van der Waals surface area (Å²) in [6.07, 6.45) is 13.5. The van der Waals surface area contributed by atoms with Gasteiger partial charge in [-0.3, -0.25) is 4.68 Å². The quantitative estimate of drug-likeness (QED) is 0.200. The molecule has 0 radical (unpaired) electrons. The molecule has 0 bridgehead atoms. The lowest BCUT2D eigenvalue weighted by molar-refractivity contribution is 0.357. The standard InChI is InChI=1S/C34H36F2N8/c1-2-26(44-20-25(38-40-44)19-43-32-10-6-4-8-28(32)30-16-23(36)12-14-34(30)43)21-41-17-24(37-39-41)18-42-31-9-5-3-7-27(31)29-15-22(35)11-13-33(29)42/h11-17,20,26H,2-10,18-19,21H2,1H3. The summed E-state index contributed by atoms with van der Waals surface area (Å²) in [5.41, 5.74) is 9.07. The van der Waals surface area contributed by atoms with Gasteiger partial charge in [-0.05, 0) is 105 Å². The maximum Gasteiger partial charge on any atom is 0.123 e. The summed E-state index contributed by atoms with van der Waals surface area (Å²) in [6, 6.07) is 10.3. The lowest BCUT2D eigenvalue weighted by Crippen LogP contribution is -2.16. The summed E-state index contributed by atoms with van der Waals surface area (Å²) >= 11 is 0. The molecule has 226 valence electrons. The number of aryl methyl sites for hydroxylation is 2. The Morgan fingerprint density at radius 3 is 1.84 bits per heavy atom. The second-order valence-corrected chi connectivity index (χ2v) is 12.4. The zero-order valence-electron chi connectivity index (χ0n) is 25.0. The van der Waals surface area contributed by atoms with E-state index in [0.29, 0.717) is 19.6 Å². The molecular weight excluding hydrogens is 558 g/mol. The zero-order valence-corrected chi connectivity index (χ0v) is 25.0. The van der Waals surface area contributed by atoms with Crippen LogP contribution in [0.5, 0.6) is 0 Å². The van der Waals surface area contributed by atoms with E-state index in [9.17, 15) is 8.78 Å². The lowest BCUT2D eigenvalue weighted by Gasteiger charge is -2.16. The lowest BCUT2D eigenvalue weighted by atomic mass is 9.95. The normalized spacial score (nSPS) is 15.6. The maximum atomic E-state index is 14.1. The van der Waals surface area contributed by atoms with Gasteiger partial charge in [0.05, 0.1) is 38.1 Å². The largest absolute Gasteiger partial charge is 0.338 e. The summed E-state index contributed by atoms with van der Waals surface area (Å²) in [5, 5.41) is 20.1. The van der Waals surface area contributed by atoms with Crippen LogP contribution in [0.25, 0.3) is 21.8 Å². The van der Waals surface area contributed by atoms with Crippen molar-refractivity contribution in [1.29, 1.82) is 0 Å². The highest BCUT2D eigenvalue weighted by Gasteiger charge is 2.23. The number of hydrogen-bond acceptors (Lipinski definition) is 4. The first-order valence-corrected chi connectivity index (χ1v) is 15.9. The van der Waals surface area contributed by atoms with Gasteiger partial charge < -0.3 is 9.13 Å². The van der Waals surface area contributed by atoms with Crippen LogP contribution < -0.4 is 0 Å². The summed E-state index contributed by atoms with van der Waals surface area (Å²) in [5.74, 6) is -0.375. The number of rotatable bonds is 8. The van der Waals surface area contributed by atoms with E-state index in [1.165, 1.54) is 22.5 Å². The Hall–Kier alpha value is -4.34. The van der Waals surface area contributed by atoms with Gasteiger partial charge in [0.15, 0.2) is 0 Å². The third kappa shape index (κ3) is 4.71.